The number of halogens is 1. The number of carbonyl (C=O) groups is 1. The number of carbonyl (C=O) groups excluding carboxylic acids is 1. The van der Waals surface area contributed by atoms with Gasteiger partial charge < -0.3 is 15.1 Å². The fourth-order valence-corrected chi connectivity index (χ4v) is 3.21. The van der Waals surface area contributed by atoms with Gasteiger partial charge in [0.05, 0.1) is 0 Å². The van der Waals surface area contributed by atoms with E-state index in [1.165, 1.54) is 11.3 Å². The van der Waals surface area contributed by atoms with Crippen LogP contribution in [0.1, 0.15) is 12.0 Å². The highest BCUT2D eigenvalue weighted by Gasteiger charge is 2.17. The first-order chi connectivity index (χ1) is 12.1. The third-order valence-electron chi connectivity index (χ3n) is 4.58. The summed E-state index contributed by atoms with van der Waals surface area (Å²) in [5.41, 5.74) is 3.27. The van der Waals surface area contributed by atoms with E-state index < -0.39 is 0 Å². The lowest BCUT2D eigenvalue weighted by atomic mass is 10.1. The summed E-state index contributed by atoms with van der Waals surface area (Å²) < 4.78 is 0. The van der Waals surface area contributed by atoms with Crippen molar-refractivity contribution in [2.75, 3.05) is 43.4 Å². The molecule has 3 rings (SSSR count). The zero-order chi connectivity index (χ0) is 17.6. The van der Waals surface area contributed by atoms with E-state index in [0.717, 1.165) is 38.3 Å². The average molecular weight is 358 g/mol. The summed E-state index contributed by atoms with van der Waals surface area (Å²) in [7, 11) is 2.16. The molecule has 132 valence electrons. The molecule has 25 heavy (non-hydrogen) atoms. The molecule has 5 heteroatoms. The van der Waals surface area contributed by atoms with Crippen LogP contribution < -0.4 is 10.2 Å². The number of hydrogen-bond donors (Lipinski definition) is 1. The van der Waals surface area contributed by atoms with Crippen LogP contribution in [0.2, 0.25) is 5.02 Å². The standard InChI is InChI=1S/C20H24ClN3O/c1-23-12-14-24(15-13-23)19-5-3-2-4-16(19)6-11-20(25)22-18-9-7-17(21)8-10-18/h2-5,7-10H,6,11-15H2,1H3,(H,22,25). The number of aryl methyl sites for hydroxylation is 1. The molecule has 0 saturated carbocycles. The predicted molar refractivity (Wildman–Crippen MR) is 105 cm³/mol. The van der Waals surface area contributed by atoms with E-state index in [9.17, 15) is 4.79 Å². The van der Waals surface area contributed by atoms with Gasteiger partial charge in [-0.25, -0.2) is 0 Å². The van der Waals surface area contributed by atoms with Crippen LogP contribution in [0.25, 0.3) is 0 Å². The minimum absolute atomic E-state index is 0.0236. The van der Waals surface area contributed by atoms with Gasteiger partial charge in [-0.1, -0.05) is 29.8 Å². The summed E-state index contributed by atoms with van der Waals surface area (Å²) in [6.45, 7) is 4.21. The topological polar surface area (TPSA) is 35.6 Å². The summed E-state index contributed by atoms with van der Waals surface area (Å²) in [5.74, 6) is 0.0236. The van der Waals surface area contributed by atoms with Gasteiger partial charge >= 0.3 is 0 Å². The van der Waals surface area contributed by atoms with E-state index in [0.29, 0.717) is 11.4 Å². The molecule has 0 aromatic heterocycles. The second-order valence-electron chi connectivity index (χ2n) is 6.47. The van der Waals surface area contributed by atoms with Crippen LogP contribution in [0.15, 0.2) is 48.5 Å². The first-order valence-corrected chi connectivity index (χ1v) is 9.06. The number of rotatable bonds is 5. The average Bonchev–Trinajstić information content (AvgIpc) is 2.63. The predicted octanol–water partition coefficient (Wildman–Crippen LogP) is 3.66. The molecule has 0 bridgehead atoms. The van der Waals surface area contributed by atoms with E-state index in [2.05, 4.69) is 40.4 Å². The zero-order valence-electron chi connectivity index (χ0n) is 14.5. The quantitative estimate of drug-likeness (QED) is 0.887. The molecular weight excluding hydrogens is 334 g/mol. The highest BCUT2D eigenvalue weighted by Crippen LogP contribution is 2.23. The number of nitrogens with one attached hydrogen (secondary N) is 1. The van der Waals surface area contributed by atoms with E-state index in [4.69, 9.17) is 11.6 Å². The SMILES string of the molecule is CN1CCN(c2ccccc2CCC(=O)Nc2ccc(Cl)cc2)CC1. The molecule has 2 aromatic rings. The number of piperazine rings is 1. The molecule has 1 saturated heterocycles. The van der Waals surface area contributed by atoms with Crippen LogP contribution in [0.3, 0.4) is 0 Å². The number of amides is 1. The Bertz CT molecular complexity index is 709. The Morgan fingerprint density at radius 3 is 2.44 bits per heavy atom. The lowest BCUT2D eigenvalue weighted by Crippen LogP contribution is -2.44. The molecule has 1 aliphatic rings. The Morgan fingerprint density at radius 2 is 1.72 bits per heavy atom. The maximum Gasteiger partial charge on any atom is 0.224 e. The molecule has 0 aliphatic carbocycles. The molecule has 1 N–H and O–H groups in total. The lowest BCUT2D eigenvalue weighted by Gasteiger charge is -2.35. The van der Waals surface area contributed by atoms with Gasteiger partial charge in [0.15, 0.2) is 0 Å². The van der Waals surface area contributed by atoms with Crippen molar-refractivity contribution in [2.45, 2.75) is 12.8 Å². The normalized spacial score (nSPS) is 15.2. The van der Waals surface area contributed by atoms with Crippen molar-refractivity contribution in [3.05, 3.63) is 59.1 Å². The number of anilines is 2. The van der Waals surface area contributed by atoms with E-state index in [1.807, 2.05) is 18.2 Å². The minimum Gasteiger partial charge on any atom is -0.369 e. The van der Waals surface area contributed by atoms with E-state index in [1.54, 1.807) is 12.1 Å². The Hall–Kier alpha value is -2.04. The third-order valence-corrected chi connectivity index (χ3v) is 4.84. The van der Waals surface area contributed by atoms with Crippen molar-refractivity contribution in [3.8, 4) is 0 Å². The summed E-state index contributed by atoms with van der Waals surface area (Å²) >= 11 is 5.87. The number of likely N-dealkylation sites (N-methyl/N-ethyl adjacent to an activating group) is 1. The fourth-order valence-electron chi connectivity index (χ4n) is 3.08. The molecule has 1 aliphatic heterocycles. The number of benzene rings is 2. The van der Waals surface area contributed by atoms with Crippen molar-refractivity contribution in [3.63, 3.8) is 0 Å². The van der Waals surface area contributed by atoms with Crippen LogP contribution >= 0.6 is 11.6 Å². The zero-order valence-corrected chi connectivity index (χ0v) is 15.3. The van der Waals surface area contributed by atoms with Gasteiger partial charge in [0.2, 0.25) is 5.91 Å². The highest BCUT2D eigenvalue weighted by atomic mass is 35.5. The van der Waals surface area contributed by atoms with Gasteiger partial charge in [0.25, 0.3) is 0 Å². The first-order valence-electron chi connectivity index (χ1n) is 8.68. The molecular formula is C20H24ClN3O. The van der Waals surface area contributed by atoms with Gasteiger partial charge in [-0.2, -0.15) is 0 Å². The Balaban J connectivity index is 1.59. The van der Waals surface area contributed by atoms with Crippen LogP contribution in [0, 0.1) is 0 Å². The van der Waals surface area contributed by atoms with Crippen molar-refractivity contribution < 1.29 is 4.79 Å². The monoisotopic (exact) mass is 357 g/mol. The van der Waals surface area contributed by atoms with Gasteiger partial charge in [0, 0.05) is 49.0 Å². The Labute approximate surface area is 154 Å². The molecule has 1 amide bonds. The van der Waals surface area contributed by atoms with Crippen molar-refractivity contribution in [1.29, 1.82) is 0 Å². The minimum atomic E-state index is 0.0236. The van der Waals surface area contributed by atoms with Gasteiger partial charge in [-0.3, -0.25) is 4.79 Å². The molecule has 0 spiro atoms. The van der Waals surface area contributed by atoms with Crippen molar-refractivity contribution >= 4 is 28.9 Å². The molecule has 2 aromatic carbocycles. The van der Waals surface area contributed by atoms with Crippen LogP contribution in [0.5, 0.6) is 0 Å². The maximum absolute atomic E-state index is 12.2. The summed E-state index contributed by atoms with van der Waals surface area (Å²) in [5, 5.41) is 3.59. The van der Waals surface area contributed by atoms with Crippen LogP contribution in [-0.2, 0) is 11.2 Å². The van der Waals surface area contributed by atoms with Gasteiger partial charge in [-0.05, 0) is 49.4 Å². The molecule has 4 nitrogen and oxygen atoms in total. The summed E-state index contributed by atoms with van der Waals surface area (Å²) in [6.07, 6.45) is 1.20. The molecule has 1 fully saturated rings. The lowest BCUT2D eigenvalue weighted by molar-refractivity contribution is -0.116. The van der Waals surface area contributed by atoms with Crippen LogP contribution in [0.4, 0.5) is 11.4 Å². The second-order valence-corrected chi connectivity index (χ2v) is 6.91. The first kappa shape index (κ1) is 17.8. The van der Waals surface area contributed by atoms with E-state index in [-0.39, 0.29) is 5.91 Å². The largest absolute Gasteiger partial charge is 0.369 e. The van der Waals surface area contributed by atoms with Gasteiger partial charge in [0.1, 0.15) is 0 Å². The summed E-state index contributed by atoms with van der Waals surface area (Å²) in [4.78, 5) is 17.0. The fraction of sp³-hybridized carbons (Fsp3) is 0.350. The molecule has 0 radical (unpaired) electrons. The number of hydrogen-bond acceptors (Lipinski definition) is 3. The van der Waals surface area contributed by atoms with Crippen molar-refractivity contribution in [1.82, 2.24) is 4.90 Å². The Kier molecular flexibility index (Phi) is 5.95. The van der Waals surface area contributed by atoms with Gasteiger partial charge in [-0.15, -0.1) is 0 Å². The highest BCUT2D eigenvalue weighted by molar-refractivity contribution is 6.30. The Morgan fingerprint density at radius 1 is 1.04 bits per heavy atom. The second kappa shape index (κ2) is 8.37. The maximum atomic E-state index is 12.2. The third kappa shape index (κ3) is 4.97. The number of para-hydroxylation sites is 1. The number of nitrogens with zero attached hydrogens (tertiary/aromatic N) is 2. The molecule has 1 heterocycles. The van der Waals surface area contributed by atoms with Crippen molar-refractivity contribution in [2.24, 2.45) is 0 Å². The van der Waals surface area contributed by atoms with Crippen LogP contribution in [-0.4, -0.2) is 44.0 Å². The smallest absolute Gasteiger partial charge is 0.224 e. The van der Waals surface area contributed by atoms with E-state index >= 15 is 0 Å². The summed E-state index contributed by atoms with van der Waals surface area (Å²) in [6, 6.07) is 15.6. The molecule has 0 unspecified atom stereocenters. The molecule has 0 atom stereocenters.